The van der Waals surface area contributed by atoms with Crippen LogP contribution in [0.3, 0.4) is 0 Å². The number of hydrogen-bond acceptors (Lipinski definition) is 7. The van der Waals surface area contributed by atoms with Crippen LogP contribution < -0.4 is 5.32 Å². The van der Waals surface area contributed by atoms with Gasteiger partial charge < -0.3 is 14.2 Å². The fraction of sp³-hybridized carbons (Fsp3) is 0.381. The van der Waals surface area contributed by atoms with Gasteiger partial charge in [-0.15, -0.1) is 11.3 Å². The molecule has 0 aliphatic carbocycles. The first-order valence-corrected chi connectivity index (χ1v) is 9.95. The molecule has 0 bridgehead atoms. The zero-order valence-electron chi connectivity index (χ0n) is 17.2. The Labute approximate surface area is 174 Å². The maximum absolute atomic E-state index is 12.6. The minimum absolute atomic E-state index is 0.0978. The summed E-state index contributed by atoms with van der Waals surface area (Å²) in [6, 6.07) is 9.25. The number of carbonyl (C=O) groups is 3. The number of hydrogen-bond donors (Lipinski definition) is 1. The Morgan fingerprint density at radius 3 is 2.28 bits per heavy atom. The van der Waals surface area contributed by atoms with Crippen molar-refractivity contribution >= 4 is 34.4 Å². The van der Waals surface area contributed by atoms with E-state index in [1.165, 1.54) is 0 Å². The minimum atomic E-state index is -0.728. The number of benzene rings is 1. The molecule has 1 aromatic heterocycles. The van der Waals surface area contributed by atoms with Gasteiger partial charge in [0.15, 0.2) is 0 Å². The standard InChI is InChI=1S/C21H25NO6S/c1-6-26-18(23)15-13(2)16(19(24)27-12-14-10-8-7-9-11-14)29-17(15)22-20(25)28-21(3,4)5/h7-11H,6,12H2,1-5H3,(H,22,25). The monoisotopic (exact) mass is 419 g/mol. The second kappa shape index (κ2) is 9.56. The van der Waals surface area contributed by atoms with E-state index in [0.717, 1.165) is 16.9 Å². The highest BCUT2D eigenvalue weighted by molar-refractivity contribution is 7.18. The topological polar surface area (TPSA) is 90.9 Å². The first-order chi connectivity index (χ1) is 13.6. The highest BCUT2D eigenvalue weighted by atomic mass is 32.1. The van der Waals surface area contributed by atoms with Crippen molar-refractivity contribution in [1.82, 2.24) is 0 Å². The van der Waals surface area contributed by atoms with Crippen LogP contribution in [0.15, 0.2) is 30.3 Å². The van der Waals surface area contributed by atoms with Gasteiger partial charge in [-0.2, -0.15) is 0 Å². The average Bonchev–Trinajstić information content (AvgIpc) is 2.95. The molecule has 0 atom stereocenters. The Kier molecular flexibility index (Phi) is 7.39. The molecule has 156 valence electrons. The third kappa shape index (κ3) is 6.32. The Balaban J connectivity index is 2.26. The Morgan fingerprint density at radius 1 is 1.03 bits per heavy atom. The molecule has 1 aromatic carbocycles. The van der Waals surface area contributed by atoms with Crippen molar-refractivity contribution in [3.8, 4) is 0 Å². The molecule has 0 fully saturated rings. The third-order valence-electron chi connectivity index (χ3n) is 3.64. The third-order valence-corrected chi connectivity index (χ3v) is 4.83. The summed E-state index contributed by atoms with van der Waals surface area (Å²) in [5.41, 5.74) is 0.637. The van der Waals surface area contributed by atoms with Crippen LogP contribution in [0.5, 0.6) is 0 Å². The predicted molar refractivity (Wildman–Crippen MR) is 110 cm³/mol. The summed E-state index contributed by atoms with van der Waals surface area (Å²) >= 11 is 0.951. The molecule has 0 unspecified atom stereocenters. The molecule has 1 heterocycles. The van der Waals surface area contributed by atoms with E-state index in [1.54, 1.807) is 34.6 Å². The number of rotatable bonds is 6. The number of esters is 2. The van der Waals surface area contributed by atoms with Crippen molar-refractivity contribution in [3.63, 3.8) is 0 Å². The summed E-state index contributed by atoms with van der Waals surface area (Å²) in [4.78, 5) is 37.4. The maximum Gasteiger partial charge on any atom is 0.412 e. The fourth-order valence-electron chi connectivity index (χ4n) is 2.43. The van der Waals surface area contributed by atoms with Crippen molar-refractivity contribution < 1.29 is 28.6 Å². The summed E-state index contributed by atoms with van der Waals surface area (Å²) in [5, 5.41) is 2.73. The van der Waals surface area contributed by atoms with E-state index >= 15 is 0 Å². The predicted octanol–water partition coefficient (Wildman–Crippen LogP) is 4.94. The number of nitrogens with one attached hydrogen (secondary N) is 1. The van der Waals surface area contributed by atoms with Gasteiger partial charge in [0, 0.05) is 0 Å². The summed E-state index contributed by atoms with van der Waals surface area (Å²) in [6.45, 7) is 8.73. The fourth-order valence-corrected chi connectivity index (χ4v) is 3.50. The first kappa shape index (κ1) is 22.4. The van der Waals surface area contributed by atoms with E-state index in [-0.39, 0.29) is 28.7 Å². The van der Waals surface area contributed by atoms with E-state index in [9.17, 15) is 14.4 Å². The lowest BCUT2D eigenvalue weighted by atomic mass is 10.1. The normalized spacial score (nSPS) is 10.9. The van der Waals surface area contributed by atoms with Crippen LogP contribution in [-0.4, -0.2) is 30.2 Å². The lowest BCUT2D eigenvalue weighted by Crippen LogP contribution is -2.27. The number of carbonyl (C=O) groups excluding carboxylic acids is 3. The van der Waals surface area contributed by atoms with Crippen LogP contribution in [0, 0.1) is 6.92 Å². The van der Waals surface area contributed by atoms with E-state index in [2.05, 4.69) is 5.32 Å². The Morgan fingerprint density at radius 2 is 1.69 bits per heavy atom. The highest BCUT2D eigenvalue weighted by Gasteiger charge is 2.28. The second-order valence-corrected chi connectivity index (χ2v) is 8.19. The number of anilines is 1. The van der Waals surface area contributed by atoms with E-state index in [0.29, 0.717) is 5.56 Å². The molecule has 2 rings (SSSR count). The smallest absolute Gasteiger partial charge is 0.412 e. The van der Waals surface area contributed by atoms with Gasteiger partial charge in [-0.1, -0.05) is 30.3 Å². The lowest BCUT2D eigenvalue weighted by molar-refractivity contribution is 0.0477. The van der Waals surface area contributed by atoms with Gasteiger partial charge in [0.2, 0.25) is 0 Å². The lowest BCUT2D eigenvalue weighted by Gasteiger charge is -2.19. The van der Waals surface area contributed by atoms with Crippen LogP contribution in [0.25, 0.3) is 0 Å². The molecule has 2 aromatic rings. The zero-order chi connectivity index (χ0) is 21.6. The molecular weight excluding hydrogens is 394 g/mol. The molecule has 1 N–H and O–H groups in total. The second-order valence-electron chi connectivity index (χ2n) is 7.17. The molecule has 0 saturated carbocycles. The molecule has 7 nitrogen and oxygen atoms in total. The SMILES string of the molecule is CCOC(=O)c1c(NC(=O)OC(C)(C)C)sc(C(=O)OCc2ccccc2)c1C. The summed E-state index contributed by atoms with van der Waals surface area (Å²) < 4.78 is 15.7. The van der Waals surface area contributed by atoms with Gasteiger partial charge in [0.05, 0.1) is 12.2 Å². The largest absolute Gasteiger partial charge is 0.462 e. The van der Waals surface area contributed by atoms with Crippen molar-refractivity contribution in [3.05, 3.63) is 51.9 Å². The maximum atomic E-state index is 12.6. The molecule has 1 amide bonds. The highest BCUT2D eigenvalue weighted by Crippen LogP contribution is 2.34. The van der Waals surface area contributed by atoms with Crippen LogP contribution in [0.4, 0.5) is 9.80 Å². The van der Waals surface area contributed by atoms with E-state index in [1.807, 2.05) is 30.3 Å². The molecule has 0 aliphatic heterocycles. The van der Waals surface area contributed by atoms with Crippen LogP contribution in [-0.2, 0) is 20.8 Å². The zero-order valence-corrected chi connectivity index (χ0v) is 18.0. The van der Waals surface area contributed by atoms with Gasteiger partial charge in [-0.25, -0.2) is 14.4 Å². The van der Waals surface area contributed by atoms with Crippen molar-refractivity contribution in [2.75, 3.05) is 11.9 Å². The minimum Gasteiger partial charge on any atom is -0.462 e. The Hall–Kier alpha value is -2.87. The number of thiophene rings is 1. The molecule has 0 aliphatic rings. The van der Waals surface area contributed by atoms with Gasteiger partial charge in [0.1, 0.15) is 22.1 Å². The molecule has 0 saturated heterocycles. The summed E-state index contributed by atoms with van der Waals surface area (Å²) in [7, 11) is 0. The van der Waals surface area contributed by atoms with Crippen LogP contribution >= 0.6 is 11.3 Å². The van der Waals surface area contributed by atoms with Crippen LogP contribution in [0.2, 0.25) is 0 Å². The van der Waals surface area contributed by atoms with Crippen molar-refractivity contribution in [1.29, 1.82) is 0 Å². The molecule has 0 radical (unpaired) electrons. The van der Waals surface area contributed by atoms with E-state index in [4.69, 9.17) is 14.2 Å². The molecular formula is C21H25NO6S. The van der Waals surface area contributed by atoms with Gasteiger partial charge in [0.25, 0.3) is 0 Å². The summed E-state index contributed by atoms with van der Waals surface area (Å²) in [5.74, 6) is -1.21. The Bertz CT molecular complexity index is 883. The molecule has 0 spiro atoms. The molecule has 8 heteroatoms. The quantitative estimate of drug-likeness (QED) is 0.527. The average molecular weight is 419 g/mol. The van der Waals surface area contributed by atoms with Crippen molar-refractivity contribution in [2.45, 2.75) is 46.8 Å². The van der Waals surface area contributed by atoms with Gasteiger partial charge in [-0.05, 0) is 45.7 Å². The van der Waals surface area contributed by atoms with Crippen molar-refractivity contribution in [2.24, 2.45) is 0 Å². The van der Waals surface area contributed by atoms with Gasteiger partial charge in [-0.3, -0.25) is 5.32 Å². The number of ether oxygens (including phenoxy) is 3. The molecule has 29 heavy (non-hydrogen) atoms. The first-order valence-electron chi connectivity index (χ1n) is 9.14. The van der Waals surface area contributed by atoms with Gasteiger partial charge >= 0.3 is 18.0 Å². The van der Waals surface area contributed by atoms with Crippen LogP contribution in [0.1, 0.15) is 58.9 Å². The van der Waals surface area contributed by atoms with E-state index < -0.39 is 23.6 Å². The summed E-state index contributed by atoms with van der Waals surface area (Å²) in [6.07, 6.45) is -0.728. The number of amides is 1.